The van der Waals surface area contributed by atoms with Crippen molar-refractivity contribution in [3.63, 3.8) is 0 Å². The Bertz CT molecular complexity index is 583. The minimum atomic E-state index is -3.56. The van der Waals surface area contributed by atoms with Crippen molar-refractivity contribution < 1.29 is 13.5 Å². The van der Waals surface area contributed by atoms with Gasteiger partial charge in [-0.3, -0.25) is 0 Å². The Hall–Kier alpha value is -1.11. The Labute approximate surface area is 126 Å². The van der Waals surface area contributed by atoms with Gasteiger partial charge in [0.2, 0.25) is 10.0 Å². The first-order valence-corrected chi connectivity index (χ1v) is 8.95. The van der Waals surface area contributed by atoms with E-state index >= 15 is 0 Å². The second kappa shape index (κ2) is 6.77. The highest BCUT2D eigenvalue weighted by Crippen LogP contribution is 2.32. The first kappa shape index (κ1) is 16.3. The van der Waals surface area contributed by atoms with Crippen molar-refractivity contribution in [1.82, 2.24) is 4.31 Å². The van der Waals surface area contributed by atoms with Crippen molar-refractivity contribution in [2.24, 2.45) is 0 Å². The summed E-state index contributed by atoms with van der Waals surface area (Å²) in [4.78, 5) is 0.315. The molecule has 0 aromatic heterocycles. The Morgan fingerprint density at radius 1 is 1.38 bits per heavy atom. The third kappa shape index (κ3) is 3.39. The van der Waals surface area contributed by atoms with Crippen molar-refractivity contribution in [2.45, 2.75) is 50.0 Å². The minimum Gasteiger partial charge on any atom is -0.399 e. The molecule has 1 aromatic carbocycles. The predicted molar refractivity (Wildman–Crippen MR) is 83.5 cm³/mol. The lowest BCUT2D eigenvalue weighted by Crippen LogP contribution is -2.45. The van der Waals surface area contributed by atoms with E-state index in [0.29, 0.717) is 30.0 Å². The molecule has 0 atom stereocenters. The summed E-state index contributed by atoms with van der Waals surface area (Å²) in [5.74, 6) is 0. The number of benzene rings is 1. The van der Waals surface area contributed by atoms with Gasteiger partial charge in [0.05, 0.1) is 4.90 Å². The molecule has 1 fully saturated rings. The lowest BCUT2D eigenvalue weighted by Gasteiger charge is -2.36. The Balaban J connectivity index is 2.39. The van der Waals surface area contributed by atoms with Gasteiger partial charge in [0.1, 0.15) is 0 Å². The number of anilines is 1. The van der Waals surface area contributed by atoms with Crippen molar-refractivity contribution in [3.8, 4) is 0 Å². The van der Waals surface area contributed by atoms with Crippen molar-refractivity contribution >= 4 is 15.7 Å². The highest BCUT2D eigenvalue weighted by Gasteiger charge is 2.35. The molecule has 2 rings (SSSR count). The molecule has 0 unspecified atom stereocenters. The average molecular weight is 312 g/mol. The summed E-state index contributed by atoms with van der Waals surface area (Å²) < 4.78 is 27.5. The summed E-state index contributed by atoms with van der Waals surface area (Å²) in [7, 11) is -3.56. The van der Waals surface area contributed by atoms with Gasteiger partial charge in [-0.15, -0.1) is 0 Å². The van der Waals surface area contributed by atoms with Crippen LogP contribution >= 0.6 is 0 Å². The predicted octanol–water partition coefficient (Wildman–Crippen LogP) is 1.76. The first-order valence-electron chi connectivity index (χ1n) is 7.51. The van der Waals surface area contributed by atoms with Gasteiger partial charge in [-0.05, 0) is 43.4 Å². The molecule has 1 saturated carbocycles. The van der Waals surface area contributed by atoms with Gasteiger partial charge in [0.25, 0.3) is 0 Å². The summed E-state index contributed by atoms with van der Waals surface area (Å²) in [5.41, 5.74) is 7.03. The third-order valence-electron chi connectivity index (χ3n) is 4.08. The lowest BCUT2D eigenvalue weighted by atomic mass is 9.93. The summed E-state index contributed by atoms with van der Waals surface area (Å²) >= 11 is 0. The molecule has 1 aliphatic carbocycles. The van der Waals surface area contributed by atoms with Gasteiger partial charge in [0.15, 0.2) is 0 Å². The van der Waals surface area contributed by atoms with Crippen LogP contribution in [0, 0.1) is 0 Å². The van der Waals surface area contributed by atoms with Gasteiger partial charge in [0, 0.05) is 24.9 Å². The number of nitrogens with zero attached hydrogens (tertiary/aromatic N) is 1. The smallest absolute Gasteiger partial charge is 0.243 e. The maximum atomic E-state index is 13.0. The standard InChI is InChI=1S/C15H24N2O3S/c1-2-12-7-8-13(16)11-15(12)21(19,20)17(9-4-10-18)14-5-3-6-14/h7-8,11,14,18H,2-6,9-10,16H2,1H3. The summed E-state index contributed by atoms with van der Waals surface area (Å²) in [6, 6.07) is 5.14. The highest BCUT2D eigenvalue weighted by molar-refractivity contribution is 7.89. The molecule has 21 heavy (non-hydrogen) atoms. The molecule has 5 nitrogen and oxygen atoms in total. The maximum Gasteiger partial charge on any atom is 0.243 e. The molecular formula is C15H24N2O3S. The van der Waals surface area contributed by atoms with Crippen molar-refractivity contribution in [3.05, 3.63) is 23.8 Å². The summed E-state index contributed by atoms with van der Waals surface area (Å²) in [6.07, 6.45) is 3.96. The van der Waals surface area contributed by atoms with Crippen LogP contribution in [-0.4, -0.2) is 37.0 Å². The molecule has 0 aliphatic heterocycles. The fourth-order valence-corrected chi connectivity index (χ4v) is 4.68. The van der Waals surface area contributed by atoms with E-state index in [1.807, 2.05) is 6.92 Å². The van der Waals surface area contributed by atoms with Gasteiger partial charge in [-0.1, -0.05) is 19.4 Å². The zero-order chi connectivity index (χ0) is 15.5. The summed E-state index contributed by atoms with van der Waals surface area (Å²) in [5, 5.41) is 9.03. The molecule has 0 bridgehead atoms. The SMILES string of the molecule is CCc1ccc(N)cc1S(=O)(=O)N(CCCO)C1CCC1. The maximum absolute atomic E-state index is 13.0. The van der Waals surface area contributed by atoms with E-state index in [-0.39, 0.29) is 12.6 Å². The Kier molecular flexibility index (Phi) is 5.24. The van der Waals surface area contributed by atoms with Crippen LogP contribution in [0.3, 0.4) is 0 Å². The van der Waals surface area contributed by atoms with Crippen LogP contribution in [0.15, 0.2) is 23.1 Å². The zero-order valence-corrected chi connectivity index (χ0v) is 13.3. The van der Waals surface area contributed by atoms with Gasteiger partial charge in [-0.25, -0.2) is 8.42 Å². The van der Waals surface area contributed by atoms with E-state index in [1.165, 1.54) is 0 Å². The van der Waals surface area contributed by atoms with Gasteiger partial charge >= 0.3 is 0 Å². The highest BCUT2D eigenvalue weighted by atomic mass is 32.2. The topological polar surface area (TPSA) is 83.6 Å². The largest absolute Gasteiger partial charge is 0.399 e. The summed E-state index contributed by atoms with van der Waals surface area (Å²) in [6.45, 7) is 2.30. The molecule has 0 amide bonds. The molecule has 0 heterocycles. The van der Waals surface area contributed by atoms with E-state index < -0.39 is 10.0 Å². The fraction of sp³-hybridized carbons (Fsp3) is 0.600. The molecule has 1 aromatic rings. The average Bonchev–Trinajstić information content (AvgIpc) is 2.41. The molecule has 0 spiro atoms. The number of hydrogen-bond donors (Lipinski definition) is 2. The monoisotopic (exact) mass is 312 g/mol. The second-order valence-corrected chi connectivity index (χ2v) is 7.36. The van der Waals surface area contributed by atoms with Crippen LogP contribution in [0.2, 0.25) is 0 Å². The number of aliphatic hydroxyl groups excluding tert-OH is 1. The van der Waals surface area contributed by atoms with Crippen LogP contribution in [-0.2, 0) is 16.4 Å². The molecular weight excluding hydrogens is 288 g/mol. The molecule has 6 heteroatoms. The normalized spacial score (nSPS) is 16.1. The van der Waals surface area contributed by atoms with Crippen LogP contribution in [0.4, 0.5) is 5.69 Å². The number of nitrogens with two attached hydrogens (primary N) is 1. The molecule has 3 N–H and O–H groups in total. The van der Waals surface area contributed by atoms with E-state index in [0.717, 1.165) is 24.8 Å². The number of aryl methyl sites for hydroxylation is 1. The molecule has 0 radical (unpaired) electrons. The Morgan fingerprint density at radius 3 is 2.62 bits per heavy atom. The number of hydrogen-bond acceptors (Lipinski definition) is 4. The number of rotatable bonds is 7. The van der Waals surface area contributed by atoms with Gasteiger partial charge < -0.3 is 10.8 Å². The van der Waals surface area contributed by atoms with Crippen LogP contribution in [0.1, 0.15) is 38.2 Å². The zero-order valence-electron chi connectivity index (χ0n) is 12.5. The van der Waals surface area contributed by atoms with Crippen LogP contribution < -0.4 is 5.73 Å². The number of aliphatic hydroxyl groups is 1. The molecule has 1 aliphatic rings. The quantitative estimate of drug-likeness (QED) is 0.751. The van der Waals surface area contributed by atoms with Crippen molar-refractivity contribution in [1.29, 1.82) is 0 Å². The van der Waals surface area contributed by atoms with E-state index in [2.05, 4.69) is 0 Å². The van der Waals surface area contributed by atoms with Crippen LogP contribution in [0.5, 0.6) is 0 Å². The van der Waals surface area contributed by atoms with E-state index in [9.17, 15) is 8.42 Å². The van der Waals surface area contributed by atoms with Crippen molar-refractivity contribution in [2.75, 3.05) is 18.9 Å². The molecule has 0 saturated heterocycles. The minimum absolute atomic E-state index is 0.00367. The lowest BCUT2D eigenvalue weighted by molar-refractivity contribution is 0.198. The van der Waals surface area contributed by atoms with E-state index in [1.54, 1.807) is 22.5 Å². The molecule has 118 valence electrons. The van der Waals surface area contributed by atoms with E-state index in [4.69, 9.17) is 10.8 Å². The third-order valence-corrected chi connectivity index (χ3v) is 6.11. The number of sulfonamides is 1. The Morgan fingerprint density at radius 2 is 2.10 bits per heavy atom. The fourth-order valence-electron chi connectivity index (χ4n) is 2.63. The van der Waals surface area contributed by atoms with Crippen LogP contribution in [0.25, 0.3) is 0 Å². The first-order chi connectivity index (χ1) is 10.0. The number of nitrogen functional groups attached to an aromatic ring is 1. The van der Waals surface area contributed by atoms with Gasteiger partial charge in [-0.2, -0.15) is 4.31 Å². The second-order valence-electron chi connectivity index (χ2n) is 5.50.